The Bertz CT molecular complexity index is 1600. The number of carbonyl (C=O) groups is 2. The van der Waals surface area contributed by atoms with Crippen molar-refractivity contribution in [1.82, 2.24) is 4.57 Å². The van der Waals surface area contributed by atoms with Gasteiger partial charge in [0.05, 0.1) is 11.0 Å². The Labute approximate surface area is 216 Å². The Balaban J connectivity index is 1.35. The third-order valence-electron chi connectivity index (χ3n) is 7.70. The minimum Gasteiger partial charge on any atom is -0.487 e. The first-order chi connectivity index (χ1) is 17.9. The SMILES string of the molecule is Cn1cc(C2C(=O)C(=CC3=[N+](CCOc4ccccc4)c4ccccc4C3(C)C)C2=O)c2ccccc21. The van der Waals surface area contributed by atoms with Gasteiger partial charge in [-0.1, -0.05) is 54.6 Å². The number of hydrogen-bond donors (Lipinski definition) is 0. The number of carbonyl (C=O) groups excluding carboxylic acids is 2. The average molecular weight is 490 g/mol. The number of para-hydroxylation sites is 3. The van der Waals surface area contributed by atoms with Gasteiger partial charge < -0.3 is 9.30 Å². The molecule has 184 valence electrons. The highest BCUT2D eigenvalue weighted by Crippen LogP contribution is 2.43. The van der Waals surface area contributed by atoms with Crippen molar-refractivity contribution in [2.45, 2.75) is 25.2 Å². The number of ether oxygens (including phenoxy) is 1. The largest absolute Gasteiger partial charge is 0.487 e. The summed E-state index contributed by atoms with van der Waals surface area (Å²) in [5.41, 5.74) is 4.93. The van der Waals surface area contributed by atoms with Gasteiger partial charge >= 0.3 is 0 Å². The summed E-state index contributed by atoms with van der Waals surface area (Å²) in [7, 11) is 1.94. The van der Waals surface area contributed by atoms with Gasteiger partial charge in [0, 0.05) is 41.9 Å². The van der Waals surface area contributed by atoms with E-state index in [0.29, 0.717) is 13.2 Å². The van der Waals surface area contributed by atoms with Crippen LogP contribution in [0.15, 0.2) is 96.7 Å². The Morgan fingerprint density at radius 1 is 0.919 bits per heavy atom. The highest BCUT2D eigenvalue weighted by Gasteiger charge is 2.50. The van der Waals surface area contributed by atoms with Crippen molar-refractivity contribution in [1.29, 1.82) is 0 Å². The molecule has 0 spiro atoms. The van der Waals surface area contributed by atoms with E-state index < -0.39 is 5.92 Å². The first kappa shape index (κ1) is 23.2. The van der Waals surface area contributed by atoms with Crippen molar-refractivity contribution >= 4 is 33.9 Å². The van der Waals surface area contributed by atoms with Gasteiger partial charge in [-0.25, -0.2) is 0 Å². The van der Waals surface area contributed by atoms with E-state index in [9.17, 15) is 9.59 Å². The Kier molecular flexibility index (Phi) is 5.45. The molecule has 6 rings (SSSR count). The van der Waals surface area contributed by atoms with E-state index in [1.165, 1.54) is 5.56 Å². The molecule has 3 aromatic carbocycles. The van der Waals surface area contributed by atoms with Crippen LogP contribution in [-0.2, 0) is 22.1 Å². The van der Waals surface area contributed by atoms with Gasteiger partial charge in [0.25, 0.3) is 0 Å². The summed E-state index contributed by atoms with van der Waals surface area (Å²) in [5.74, 6) is -0.140. The molecule has 0 N–H and O–H groups in total. The predicted octanol–water partition coefficient (Wildman–Crippen LogP) is 5.50. The van der Waals surface area contributed by atoms with Gasteiger partial charge in [-0.15, -0.1) is 0 Å². The van der Waals surface area contributed by atoms with Gasteiger partial charge in [-0.3, -0.25) is 9.59 Å². The molecule has 5 heteroatoms. The van der Waals surface area contributed by atoms with Crippen LogP contribution in [0.3, 0.4) is 0 Å². The molecule has 4 aromatic rings. The number of aromatic nitrogens is 1. The van der Waals surface area contributed by atoms with Crippen molar-refractivity contribution < 1.29 is 18.9 Å². The minimum absolute atomic E-state index is 0.110. The number of Topliss-reactive ketones (excluding diaryl/α,β-unsaturated/α-hetero) is 2. The Hall–Kier alpha value is -4.25. The van der Waals surface area contributed by atoms with Crippen LogP contribution in [0, 0.1) is 0 Å². The van der Waals surface area contributed by atoms with Gasteiger partial charge in [0.15, 0.2) is 23.8 Å². The summed E-state index contributed by atoms with van der Waals surface area (Å²) >= 11 is 0. The van der Waals surface area contributed by atoms with Gasteiger partial charge in [-0.2, -0.15) is 4.58 Å². The van der Waals surface area contributed by atoms with E-state index in [2.05, 4.69) is 30.6 Å². The summed E-state index contributed by atoms with van der Waals surface area (Å²) in [5, 5.41) is 0.955. The molecular weight excluding hydrogens is 460 g/mol. The predicted molar refractivity (Wildman–Crippen MR) is 145 cm³/mol. The average Bonchev–Trinajstić information content (AvgIpc) is 3.34. The molecule has 37 heavy (non-hydrogen) atoms. The van der Waals surface area contributed by atoms with Gasteiger partial charge in [-0.05, 0) is 37.6 Å². The monoisotopic (exact) mass is 489 g/mol. The first-order valence-corrected chi connectivity index (χ1v) is 12.6. The molecule has 1 aliphatic heterocycles. The molecule has 2 aliphatic rings. The maximum absolute atomic E-state index is 13.4. The molecule has 1 saturated carbocycles. The Morgan fingerprint density at radius 2 is 1.59 bits per heavy atom. The van der Waals surface area contributed by atoms with Crippen molar-refractivity contribution in [2.75, 3.05) is 13.2 Å². The van der Waals surface area contributed by atoms with E-state index >= 15 is 0 Å². The fourth-order valence-electron chi connectivity index (χ4n) is 5.75. The molecule has 1 aliphatic carbocycles. The zero-order chi connectivity index (χ0) is 25.7. The quantitative estimate of drug-likeness (QED) is 0.156. The highest BCUT2D eigenvalue weighted by molar-refractivity contribution is 6.43. The molecule has 2 heterocycles. The van der Waals surface area contributed by atoms with E-state index in [1.807, 2.05) is 90.6 Å². The lowest BCUT2D eigenvalue weighted by atomic mass is 9.71. The maximum atomic E-state index is 13.4. The lowest BCUT2D eigenvalue weighted by Crippen LogP contribution is -2.40. The van der Waals surface area contributed by atoms with Crippen molar-refractivity contribution in [2.24, 2.45) is 7.05 Å². The second-order valence-corrected chi connectivity index (χ2v) is 10.3. The smallest absolute Gasteiger partial charge is 0.209 e. The summed E-state index contributed by atoms with van der Waals surface area (Å²) in [6, 6.07) is 25.9. The molecule has 0 unspecified atom stereocenters. The van der Waals surface area contributed by atoms with Crippen LogP contribution in [0.2, 0.25) is 0 Å². The van der Waals surface area contributed by atoms with Gasteiger partial charge in [0.2, 0.25) is 5.69 Å². The second-order valence-electron chi connectivity index (χ2n) is 10.3. The lowest BCUT2D eigenvalue weighted by Gasteiger charge is -2.26. The number of ketones is 2. The van der Waals surface area contributed by atoms with Crippen LogP contribution in [0.1, 0.15) is 30.9 Å². The van der Waals surface area contributed by atoms with Crippen LogP contribution in [0.25, 0.3) is 10.9 Å². The van der Waals surface area contributed by atoms with E-state index in [0.717, 1.165) is 33.6 Å². The molecule has 1 fully saturated rings. The molecule has 0 bridgehead atoms. The fourth-order valence-corrected chi connectivity index (χ4v) is 5.75. The highest BCUT2D eigenvalue weighted by atomic mass is 16.5. The summed E-state index contributed by atoms with van der Waals surface area (Å²) in [4.78, 5) is 26.9. The number of benzene rings is 3. The number of nitrogens with zero attached hydrogens (tertiary/aromatic N) is 2. The van der Waals surface area contributed by atoms with E-state index in [4.69, 9.17) is 4.74 Å². The Morgan fingerprint density at radius 3 is 2.38 bits per heavy atom. The molecule has 1 aromatic heterocycles. The number of rotatable bonds is 6. The van der Waals surface area contributed by atoms with Gasteiger partial charge in [0.1, 0.15) is 18.3 Å². The summed E-state index contributed by atoms with van der Waals surface area (Å²) < 4.78 is 10.2. The third-order valence-corrected chi connectivity index (χ3v) is 7.70. The number of aryl methyl sites for hydroxylation is 1. The normalized spacial score (nSPS) is 18.2. The topological polar surface area (TPSA) is 51.3 Å². The van der Waals surface area contributed by atoms with Crippen LogP contribution in [-0.4, -0.2) is 39.6 Å². The third kappa shape index (κ3) is 3.65. The van der Waals surface area contributed by atoms with Crippen molar-refractivity contribution in [3.05, 3.63) is 108 Å². The second kappa shape index (κ2) is 8.70. The number of hydrogen-bond acceptors (Lipinski definition) is 3. The molecule has 5 nitrogen and oxygen atoms in total. The van der Waals surface area contributed by atoms with Crippen LogP contribution in [0.4, 0.5) is 5.69 Å². The molecule has 0 radical (unpaired) electrons. The van der Waals surface area contributed by atoms with Crippen LogP contribution < -0.4 is 4.74 Å². The molecular formula is C32H29N2O3+. The van der Waals surface area contributed by atoms with Crippen LogP contribution >= 0.6 is 0 Å². The standard InChI is InChI=1S/C32H29N2O3/c1-32(2)25-14-8-10-16-27(25)34(17-18-37-21-11-5-4-6-12-21)28(32)19-23-30(35)29(31(23)36)24-20-33(3)26-15-9-7-13-22(24)26/h4-16,19-20,29H,17-18H2,1-3H3/q+1. The molecule has 0 saturated heterocycles. The van der Waals surface area contributed by atoms with E-state index in [1.54, 1.807) is 0 Å². The lowest BCUT2D eigenvalue weighted by molar-refractivity contribution is -0.439. The summed E-state index contributed by atoms with van der Waals surface area (Å²) in [6.07, 6.45) is 3.74. The first-order valence-electron chi connectivity index (χ1n) is 12.6. The molecule has 0 amide bonds. The zero-order valence-corrected chi connectivity index (χ0v) is 21.3. The minimum atomic E-state index is -0.736. The van der Waals surface area contributed by atoms with Crippen molar-refractivity contribution in [3.8, 4) is 5.75 Å². The van der Waals surface area contributed by atoms with Crippen molar-refractivity contribution in [3.63, 3.8) is 0 Å². The zero-order valence-electron chi connectivity index (χ0n) is 21.3. The van der Waals surface area contributed by atoms with Crippen LogP contribution in [0.5, 0.6) is 5.75 Å². The number of allylic oxidation sites excluding steroid dienone is 2. The number of fused-ring (bicyclic) bond motifs is 2. The summed E-state index contributed by atoms with van der Waals surface area (Å²) in [6.45, 7) is 5.36. The van der Waals surface area contributed by atoms with E-state index in [-0.39, 0.29) is 22.6 Å². The maximum Gasteiger partial charge on any atom is 0.209 e. The molecule has 0 atom stereocenters. The fraction of sp³-hybridized carbons (Fsp3) is 0.219.